The number of nitro groups is 1. The molecule has 0 aliphatic rings. The smallest absolute Gasteiger partial charge is 0.269 e. The van der Waals surface area contributed by atoms with E-state index in [0.29, 0.717) is 30.4 Å². The third-order valence-corrected chi connectivity index (χ3v) is 5.49. The highest BCUT2D eigenvalue weighted by Crippen LogP contribution is 2.31. The van der Waals surface area contributed by atoms with Gasteiger partial charge in [0.2, 0.25) is 0 Å². The zero-order chi connectivity index (χ0) is 22.4. The van der Waals surface area contributed by atoms with Crippen LogP contribution in [0, 0.1) is 10.1 Å². The van der Waals surface area contributed by atoms with E-state index < -0.39 is 4.92 Å². The molecule has 0 aliphatic carbocycles. The molecule has 1 aromatic heterocycles. The third kappa shape index (κ3) is 6.49. The van der Waals surface area contributed by atoms with Crippen molar-refractivity contribution in [2.75, 3.05) is 38.7 Å². The highest BCUT2D eigenvalue weighted by atomic mass is 35.5. The molecule has 32 heavy (non-hydrogen) atoms. The molecule has 8 nitrogen and oxygen atoms in total. The largest absolute Gasteiger partial charge is 0.494 e. The molecule has 2 aromatic carbocycles. The van der Waals surface area contributed by atoms with Crippen molar-refractivity contribution in [3.05, 3.63) is 64.2 Å². The maximum Gasteiger partial charge on any atom is 0.269 e. The number of thiazole rings is 1. The highest BCUT2D eigenvalue weighted by Gasteiger charge is 2.18. The molecule has 3 rings (SSSR count). The van der Waals surface area contributed by atoms with Gasteiger partial charge in [0.1, 0.15) is 5.75 Å². The van der Waals surface area contributed by atoms with Crippen LogP contribution in [0.1, 0.15) is 12.5 Å². The predicted molar refractivity (Wildman–Crippen MR) is 131 cm³/mol. The SMILES string of the molecule is CCOc1ccc2nc(N(CCN(C)C)C(=O)C=Cc3ccc([N+](=O)[O-])cc3)sc2c1.Cl. The van der Waals surface area contributed by atoms with Crippen LogP contribution in [0.2, 0.25) is 0 Å². The number of anilines is 1. The lowest BCUT2D eigenvalue weighted by Gasteiger charge is -2.20. The van der Waals surface area contributed by atoms with Gasteiger partial charge in [0, 0.05) is 31.3 Å². The van der Waals surface area contributed by atoms with E-state index in [-0.39, 0.29) is 24.0 Å². The molecule has 170 valence electrons. The maximum atomic E-state index is 13.0. The van der Waals surface area contributed by atoms with E-state index in [1.807, 2.05) is 44.1 Å². The molecular weight excluding hydrogens is 452 g/mol. The first-order chi connectivity index (χ1) is 14.9. The minimum absolute atomic E-state index is 0. The van der Waals surface area contributed by atoms with E-state index in [0.717, 1.165) is 16.0 Å². The number of amides is 1. The van der Waals surface area contributed by atoms with Crippen molar-refractivity contribution in [2.45, 2.75) is 6.92 Å². The van der Waals surface area contributed by atoms with Crippen molar-refractivity contribution in [1.29, 1.82) is 0 Å². The Bertz CT molecular complexity index is 1100. The number of benzene rings is 2. The summed E-state index contributed by atoms with van der Waals surface area (Å²) in [4.78, 5) is 31.6. The molecule has 0 atom stereocenters. The molecule has 0 radical (unpaired) electrons. The molecular formula is C22H25ClN4O4S. The van der Waals surface area contributed by atoms with E-state index in [4.69, 9.17) is 4.74 Å². The normalized spacial score (nSPS) is 11.0. The number of nitro benzene ring substituents is 1. The van der Waals surface area contributed by atoms with Gasteiger partial charge in [-0.2, -0.15) is 0 Å². The number of nitrogens with zero attached hydrogens (tertiary/aromatic N) is 4. The minimum Gasteiger partial charge on any atom is -0.494 e. The summed E-state index contributed by atoms with van der Waals surface area (Å²) in [5.41, 5.74) is 1.53. The fraction of sp³-hybridized carbons (Fsp3) is 0.273. The lowest BCUT2D eigenvalue weighted by Crippen LogP contribution is -2.35. The molecule has 0 saturated carbocycles. The molecule has 0 fully saturated rings. The Kier molecular flexibility index (Phi) is 9.13. The summed E-state index contributed by atoms with van der Waals surface area (Å²) in [6, 6.07) is 11.7. The van der Waals surface area contributed by atoms with Crippen molar-refractivity contribution in [2.24, 2.45) is 0 Å². The third-order valence-electron chi connectivity index (χ3n) is 4.45. The molecule has 10 heteroatoms. The number of non-ortho nitro benzene ring substituents is 1. The lowest BCUT2D eigenvalue weighted by molar-refractivity contribution is -0.384. The average molecular weight is 477 g/mol. The van der Waals surface area contributed by atoms with Gasteiger partial charge < -0.3 is 9.64 Å². The van der Waals surface area contributed by atoms with Crippen molar-refractivity contribution in [3.8, 4) is 5.75 Å². The Balaban J connectivity index is 0.00000363. The van der Waals surface area contributed by atoms with Crippen molar-refractivity contribution in [1.82, 2.24) is 9.88 Å². The molecule has 0 bridgehead atoms. The van der Waals surface area contributed by atoms with Crippen LogP contribution in [0.15, 0.2) is 48.5 Å². The van der Waals surface area contributed by atoms with Crippen LogP contribution < -0.4 is 9.64 Å². The van der Waals surface area contributed by atoms with Gasteiger partial charge in [-0.3, -0.25) is 19.8 Å². The molecule has 0 saturated heterocycles. The van der Waals surface area contributed by atoms with Gasteiger partial charge in [0.15, 0.2) is 5.13 Å². The lowest BCUT2D eigenvalue weighted by atomic mass is 10.2. The second kappa shape index (κ2) is 11.6. The van der Waals surface area contributed by atoms with Gasteiger partial charge in [0.05, 0.1) is 21.7 Å². The van der Waals surface area contributed by atoms with Crippen LogP contribution in [-0.2, 0) is 4.79 Å². The van der Waals surface area contributed by atoms with Crippen LogP contribution >= 0.6 is 23.7 Å². The molecule has 0 N–H and O–H groups in total. The van der Waals surface area contributed by atoms with Crippen molar-refractivity contribution < 1.29 is 14.5 Å². The minimum atomic E-state index is -0.453. The average Bonchev–Trinajstić information content (AvgIpc) is 3.15. The zero-order valence-electron chi connectivity index (χ0n) is 18.1. The van der Waals surface area contributed by atoms with Gasteiger partial charge in [-0.1, -0.05) is 11.3 Å². The van der Waals surface area contributed by atoms with Crippen molar-refractivity contribution >= 4 is 56.8 Å². The number of hydrogen-bond donors (Lipinski definition) is 0. The van der Waals surface area contributed by atoms with Gasteiger partial charge in [-0.25, -0.2) is 4.98 Å². The fourth-order valence-electron chi connectivity index (χ4n) is 2.83. The molecule has 3 aromatic rings. The van der Waals surface area contributed by atoms with Crippen LogP contribution in [0.5, 0.6) is 5.75 Å². The molecule has 1 amide bonds. The number of halogens is 1. The number of hydrogen-bond acceptors (Lipinski definition) is 7. The number of aromatic nitrogens is 1. The van der Waals surface area contributed by atoms with Crippen LogP contribution in [-0.4, -0.2) is 54.5 Å². The quantitative estimate of drug-likeness (QED) is 0.254. The molecule has 0 unspecified atom stereocenters. The second-order valence-corrected chi connectivity index (χ2v) is 8.04. The summed E-state index contributed by atoms with van der Waals surface area (Å²) in [6.45, 7) is 3.67. The summed E-state index contributed by atoms with van der Waals surface area (Å²) >= 11 is 1.44. The summed E-state index contributed by atoms with van der Waals surface area (Å²) < 4.78 is 6.51. The van der Waals surface area contributed by atoms with Gasteiger partial charge in [0.25, 0.3) is 11.6 Å². The Morgan fingerprint density at radius 3 is 2.53 bits per heavy atom. The highest BCUT2D eigenvalue weighted by molar-refractivity contribution is 7.22. The molecule has 0 spiro atoms. The second-order valence-electron chi connectivity index (χ2n) is 7.03. The zero-order valence-corrected chi connectivity index (χ0v) is 19.7. The Labute approximate surface area is 196 Å². The Morgan fingerprint density at radius 2 is 1.91 bits per heavy atom. The van der Waals surface area contributed by atoms with E-state index >= 15 is 0 Å². The number of ether oxygens (including phenoxy) is 1. The van der Waals surface area contributed by atoms with Gasteiger partial charge >= 0.3 is 0 Å². The maximum absolute atomic E-state index is 13.0. The van der Waals surface area contributed by atoms with Crippen LogP contribution in [0.4, 0.5) is 10.8 Å². The summed E-state index contributed by atoms with van der Waals surface area (Å²) in [5.74, 6) is 0.568. The van der Waals surface area contributed by atoms with E-state index in [1.54, 1.807) is 23.1 Å². The topological polar surface area (TPSA) is 88.8 Å². The summed E-state index contributed by atoms with van der Waals surface area (Å²) in [5, 5.41) is 11.4. The van der Waals surface area contributed by atoms with E-state index in [2.05, 4.69) is 4.98 Å². The Morgan fingerprint density at radius 1 is 1.19 bits per heavy atom. The van der Waals surface area contributed by atoms with E-state index in [1.165, 1.54) is 29.5 Å². The number of fused-ring (bicyclic) bond motifs is 1. The fourth-order valence-corrected chi connectivity index (χ4v) is 3.85. The first-order valence-corrected chi connectivity index (χ1v) is 10.6. The number of likely N-dealkylation sites (N-methyl/N-ethyl adjacent to an activating group) is 1. The van der Waals surface area contributed by atoms with E-state index in [9.17, 15) is 14.9 Å². The summed E-state index contributed by atoms with van der Waals surface area (Å²) in [7, 11) is 3.89. The summed E-state index contributed by atoms with van der Waals surface area (Å²) in [6.07, 6.45) is 3.11. The Hall–Kier alpha value is -3.01. The van der Waals surface area contributed by atoms with Crippen LogP contribution in [0.25, 0.3) is 16.3 Å². The van der Waals surface area contributed by atoms with Crippen LogP contribution in [0.3, 0.4) is 0 Å². The van der Waals surface area contributed by atoms with Crippen molar-refractivity contribution in [3.63, 3.8) is 0 Å². The first kappa shape index (κ1) is 25.3. The first-order valence-electron chi connectivity index (χ1n) is 9.79. The number of carbonyl (C=O) groups excluding carboxylic acids is 1. The standard InChI is InChI=1S/C22H24N4O4S.ClH/c1-4-30-18-10-11-19-20(15-18)31-22(23-19)25(14-13-24(2)3)21(27)12-7-16-5-8-17(9-6-16)26(28)29;/h5-12,15H,4,13-14H2,1-3H3;1H. The monoisotopic (exact) mass is 476 g/mol. The number of rotatable bonds is 9. The molecule has 0 aliphatic heterocycles. The molecule has 1 heterocycles. The van der Waals surface area contributed by atoms with Gasteiger partial charge in [-0.15, -0.1) is 12.4 Å². The predicted octanol–water partition coefficient (Wildman–Crippen LogP) is 4.63. The number of carbonyl (C=O) groups is 1. The van der Waals surface area contributed by atoms with Gasteiger partial charge in [-0.05, 0) is 63.0 Å².